The SMILES string of the molecule is CC1=CC2CC(C1)CN(C)C2. The molecule has 1 nitrogen and oxygen atoms in total. The first-order valence-corrected chi connectivity index (χ1v) is 4.60. The van der Waals surface area contributed by atoms with Crippen molar-refractivity contribution in [3.8, 4) is 0 Å². The van der Waals surface area contributed by atoms with Crippen LogP contribution in [0.25, 0.3) is 0 Å². The Bertz CT molecular complexity index is 183. The zero-order valence-corrected chi connectivity index (χ0v) is 7.51. The van der Waals surface area contributed by atoms with E-state index >= 15 is 0 Å². The van der Waals surface area contributed by atoms with Crippen LogP contribution >= 0.6 is 0 Å². The fourth-order valence-electron chi connectivity index (χ4n) is 2.69. The van der Waals surface area contributed by atoms with E-state index in [9.17, 15) is 0 Å². The first kappa shape index (κ1) is 7.35. The second-order valence-corrected chi connectivity index (χ2v) is 4.30. The van der Waals surface area contributed by atoms with Crippen molar-refractivity contribution in [2.45, 2.75) is 19.8 Å². The molecule has 0 aromatic rings. The highest BCUT2D eigenvalue weighted by Gasteiger charge is 2.27. The van der Waals surface area contributed by atoms with E-state index in [0.29, 0.717) is 0 Å². The van der Waals surface area contributed by atoms with Crippen molar-refractivity contribution in [2.24, 2.45) is 11.8 Å². The summed E-state index contributed by atoms with van der Waals surface area (Å²) in [6.07, 6.45) is 5.27. The van der Waals surface area contributed by atoms with Crippen molar-refractivity contribution < 1.29 is 0 Å². The molecular formula is C10H17N. The fraction of sp³-hybridized carbons (Fsp3) is 0.800. The van der Waals surface area contributed by atoms with E-state index in [2.05, 4.69) is 24.9 Å². The van der Waals surface area contributed by atoms with E-state index in [1.807, 2.05) is 0 Å². The maximum absolute atomic E-state index is 2.48. The third kappa shape index (κ3) is 1.48. The van der Waals surface area contributed by atoms with Crippen molar-refractivity contribution in [1.82, 2.24) is 4.90 Å². The molecule has 0 amide bonds. The van der Waals surface area contributed by atoms with Gasteiger partial charge in [0.05, 0.1) is 0 Å². The Labute approximate surface area is 69.1 Å². The average Bonchev–Trinajstić information content (AvgIpc) is 1.82. The molecule has 2 bridgehead atoms. The second kappa shape index (κ2) is 2.63. The smallest absolute Gasteiger partial charge is 0.00416 e. The molecule has 1 heteroatoms. The molecule has 0 saturated carbocycles. The normalized spacial score (nSPS) is 38.5. The summed E-state index contributed by atoms with van der Waals surface area (Å²) in [5.41, 5.74) is 1.62. The molecule has 0 N–H and O–H groups in total. The van der Waals surface area contributed by atoms with Crippen molar-refractivity contribution in [3.05, 3.63) is 11.6 Å². The Morgan fingerprint density at radius 1 is 1.45 bits per heavy atom. The Kier molecular flexibility index (Phi) is 1.76. The number of hydrogen-bond acceptors (Lipinski definition) is 1. The predicted molar refractivity (Wildman–Crippen MR) is 47.5 cm³/mol. The maximum Gasteiger partial charge on any atom is 0.00416 e. The van der Waals surface area contributed by atoms with Gasteiger partial charge in [-0.1, -0.05) is 11.6 Å². The first-order chi connectivity index (χ1) is 5.24. The molecule has 0 aromatic heterocycles. The average molecular weight is 151 g/mol. The number of nitrogens with zero attached hydrogens (tertiary/aromatic N) is 1. The summed E-state index contributed by atoms with van der Waals surface area (Å²) in [6.45, 7) is 4.89. The largest absolute Gasteiger partial charge is 0.305 e. The van der Waals surface area contributed by atoms with Crippen LogP contribution in [-0.2, 0) is 0 Å². The minimum Gasteiger partial charge on any atom is -0.305 e. The molecule has 0 radical (unpaired) electrons. The molecule has 1 aliphatic carbocycles. The van der Waals surface area contributed by atoms with Crippen molar-refractivity contribution in [1.29, 1.82) is 0 Å². The molecule has 1 saturated heterocycles. The van der Waals surface area contributed by atoms with Crippen molar-refractivity contribution >= 4 is 0 Å². The first-order valence-electron chi connectivity index (χ1n) is 4.60. The van der Waals surface area contributed by atoms with E-state index in [1.165, 1.54) is 25.9 Å². The fourth-order valence-corrected chi connectivity index (χ4v) is 2.69. The molecule has 0 aromatic carbocycles. The monoisotopic (exact) mass is 151 g/mol. The molecule has 2 atom stereocenters. The van der Waals surface area contributed by atoms with E-state index in [-0.39, 0.29) is 0 Å². The van der Waals surface area contributed by atoms with Crippen LogP contribution in [-0.4, -0.2) is 25.0 Å². The lowest BCUT2D eigenvalue weighted by Gasteiger charge is -2.38. The standard InChI is InChI=1S/C10H17N/c1-8-3-9-5-10(4-8)7-11(2)6-9/h3,9-10H,4-7H2,1-2H3. The summed E-state index contributed by atoms with van der Waals surface area (Å²) in [4.78, 5) is 2.47. The second-order valence-electron chi connectivity index (χ2n) is 4.30. The molecule has 1 aliphatic heterocycles. The minimum atomic E-state index is 0.868. The van der Waals surface area contributed by atoms with Crippen LogP contribution in [0.3, 0.4) is 0 Å². The van der Waals surface area contributed by atoms with Crippen molar-refractivity contribution in [2.75, 3.05) is 20.1 Å². The van der Waals surface area contributed by atoms with E-state index in [1.54, 1.807) is 5.57 Å². The summed E-state index contributed by atoms with van der Waals surface area (Å²) in [6, 6.07) is 0. The highest BCUT2D eigenvalue weighted by atomic mass is 15.1. The lowest BCUT2D eigenvalue weighted by atomic mass is 9.79. The van der Waals surface area contributed by atoms with E-state index in [0.717, 1.165) is 11.8 Å². The lowest BCUT2D eigenvalue weighted by molar-refractivity contribution is 0.164. The summed E-state index contributed by atoms with van der Waals surface area (Å²) < 4.78 is 0. The maximum atomic E-state index is 2.48. The summed E-state index contributed by atoms with van der Waals surface area (Å²) in [5, 5.41) is 0. The van der Waals surface area contributed by atoms with Crippen LogP contribution in [0, 0.1) is 11.8 Å². The molecule has 1 fully saturated rings. The van der Waals surface area contributed by atoms with Gasteiger partial charge >= 0.3 is 0 Å². The number of hydrogen-bond donors (Lipinski definition) is 0. The Morgan fingerprint density at radius 2 is 2.27 bits per heavy atom. The molecule has 2 unspecified atom stereocenters. The topological polar surface area (TPSA) is 3.24 Å². The van der Waals surface area contributed by atoms with Gasteiger partial charge in [0.1, 0.15) is 0 Å². The number of piperidine rings is 1. The van der Waals surface area contributed by atoms with Crippen LogP contribution in [0.2, 0.25) is 0 Å². The van der Waals surface area contributed by atoms with Crippen LogP contribution in [0.4, 0.5) is 0 Å². The quantitative estimate of drug-likeness (QED) is 0.478. The van der Waals surface area contributed by atoms with Gasteiger partial charge in [0.2, 0.25) is 0 Å². The third-order valence-electron chi connectivity index (χ3n) is 2.88. The van der Waals surface area contributed by atoms with Gasteiger partial charge in [-0.2, -0.15) is 0 Å². The molecule has 2 aliphatic rings. The molecule has 1 heterocycles. The van der Waals surface area contributed by atoms with Gasteiger partial charge in [0, 0.05) is 13.1 Å². The highest BCUT2D eigenvalue weighted by molar-refractivity contribution is 5.09. The summed E-state index contributed by atoms with van der Waals surface area (Å²) in [5.74, 6) is 1.83. The summed E-state index contributed by atoms with van der Waals surface area (Å²) >= 11 is 0. The van der Waals surface area contributed by atoms with Gasteiger partial charge in [-0.3, -0.25) is 0 Å². The van der Waals surface area contributed by atoms with Gasteiger partial charge in [-0.25, -0.2) is 0 Å². The summed E-state index contributed by atoms with van der Waals surface area (Å²) in [7, 11) is 2.24. The van der Waals surface area contributed by atoms with Gasteiger partial charge < -0.3 is 4.90 Å². The molecule has 0 spiro atoms. The number of allylic oxidation sites excluding steroid dienone is 1. The van der Waals surface area contributed by atoms with Crippen LogP contribution < -0.4 is 0 Å². The Balaban J connectivity index is 2.13. The van der Waals surface area contributed by atoms with E-state index < -0.39 is 0 Å². The molecule has 2 rings (SSSR count). The van der Waals surface area contributed by atoms with Crippen LogP contribution in [0.5, 0.6) is 0 Å². The molecule has 11 heavy (non-hydrogen) atoms. The number of likely N-dealkylation sites (tertiary alicyclic amines) is 1. The van der Waals surface area contributed by atoms with Crippen LogP contribution in [0.15, 0.2) is 11.6 Å². The predicted octanol–water partition coefficient (Wildman–Crippen LogP) is 1.90. The van der Waals surface area contributed by atoms with E-state index in [4.69, 9.17) is 0 Å². The highest BCUT2D eigenvalue weighted by Crippen LogP contribution is 2.32. The van der Waals surface area contributed by atoms with Gasteiger partial charge in [0.15, 0.2) is 0 Å². The molecule has 62 valence electrons. The van der Waals surface area contributed by atoms with Gasteiger partial charge in [-0.05, 0) is 38.6 Å². The minimum absolute atomic E-state index is 0.868. The zero-order chi connectivity index (χ0) is 7.84. The lowest BCUT2D eigenvalue weighted by Crippen LogP contribution is -2.39. The number of rotatable bonds is 0. The third-order valence-corrected chi connectivity index (χ3v) is 2.88. The van der Waals surface area contributed by atoms with Crippen molar-refractivity contribution in [3.63, 3.8) is 0 Å². The Morgan fingerprint density at radius 3 is 3.00 bits per heavy atom. The van der Waals surface area contributed by atoms with Gasteiger partial charge in [0.25, 0.3) is 0 Å². The zero-order valence-electron chi connectivity index (χ0n) is 7.51. The van der Waals surface area contributed by atoms with Gasteiger partial charge in [-0.15, -0.1) is 0 Å². The molecular weight excluding hydrogens is 134 g/mol. The number of fused-ring (bicyclic) bond motifs is 2. The van der Waals surface area contributed by atoms with Crippen LogP contribution in [0.1, 0.15) is 19.8 Å². The Hall–Kier alpha value is -0.300.